The molecule has 0 bridgehead atoms. The number of nitrogens with one attached hydrogen (secondary N) is 1. The van der Waals surface area contributed by atoms with Crippen LogP contribution in [-0.2, 0) is 6.54 Å². The molecule has 2 aliphatic rings. The maximum atomic E-state index is 5.55. The van der Waals surface area contributed by atoms with Gasteiger partial charge in [-0.3, -0.25) is 9.88 Å². The monoisotopic (exact) mass is 289 g/mol. The van der Waals surface area contributed by atoms with E-state index < -0.39 is 0 Å². The van der Waals surface area contributed by atoms with Gasteiger partial charge in [0.25, 0.3) is 0 Å². The third-order valence-electron chi connectivity index (χ3n) is 5.31. The summed E-state index contributed by atoms with van der Waals surface area (Å²) in [4.78, 5) is 7.31. The Morgan fingerprint density at radius 1 is 1.43 bits per heavy atom. The maximum Gasteiger partial charge on any atom is 0.128 e. The molecule has 1 atom stereocenters. The van der Waals surface area contributed by atoms with Crippen LogP contribution < -0.4 is 10.1 Å². The normalized spacial score (nSPS) is 26.9. The minimum Gasteiger partial charge on any atom is -0.496 e. The summed E-state index contributed by atoms with van der Waals surface area (Å²) in [6, 6.07) is 0. The zero-order chi connectivity index (χ0) is 15.0. The molecule has 1 aromatic rings. The van der Waals surface area contributed by atoms with Crippen LogP contribution in [0.5, 0.6) is 5.75 Å². The maximum absolute atomic E-state index is 5.55. The van der Waals surface area contributed by atoms with E-state index in [0.717, 1.165) is 49.1 Å². The molecule has 4 heteroatoms. The Morgan fingerprint density at radius 2 is 2.19 bits per heavy atom. The highest BCUT2D eigenvalue weighted by Gasteiger charge is 2.46. The topological polar surface area (TPSA) is 37.4 Å². The van der Waals surface area contributed by atoms with E-state index in [-0.39, 0.29) is 5.54 Å². The number of pyridine rings is 1. The second kappa shape index (κ2) is 5.58. The van der Waals surface area contributed by atoms with Gasteiger partial charge in [-0.25, -0.2) is 0 Å². The predicted molar refractivity (Wildman–Crippen MR) is 84.7 cm³/mol. The van der Waals surface area contributed by atoms with Crippen molar-refractivity contribution in [2.75, 3.05) is 26.7 Å². The molecule has 3 rings (SSSR count). The highest BCUT2D eigenvalue weighted by Crippen LogP contribution is 2.44. The summed E-state index contributed by atoms with van der Waals surface area (Å²) in [5.41, 5.74) is 3.74. The van der Waals surface area contributed by atoms with E-state index in [9.17, 15) is 0 Å². The van der Waals surface area contributed by atoms with E-state index in [0.29, 0.717) is 0 Å². The van der Waals surface area contributed by atoms with Crippen molar-refractivity contribution in [3.8, 4) is 5.75 Å². The number of ether oxygens (including phenoxy) is 1. The van der Waals surface area contributed by atoms with Crippen LogP contribution in [0.25, 0.3) is 0 Å². The van der Waals surface area contributed by atoms with Gasteiger partial charge in [-0.05, 0) is 39.5 Å². The predicted octanol–water partition coefficient (Wildman–Crippen LogP) is 2.28. The molecule has 1 aliphatic heterocycles. The van der Waals surface area contributed by atoms with Gasteiger partial charge in [0.15, 0.2) is 0 Å². The Kier molecular flexibility index (Phi) is 3.93. The average Bonchev–Trinajstić information content (AvgIpc) is 3.30. The lowest BCUT2D eigenvalue weighted by Crippen LogP contribution is -2.60. The SMILES string of the molecule is COc1c(C)cnc(CN2CCNCC2(C)C2CC2)c1C. The van der Waals surface area contributed by atoms with Crippen molar-refractivity contribution in [2.24, 2.45) is 5.92 Å². The summed E-state index contributed by atoms with van der Waals surface area (Å²) in [5, 5.41) is 3.57. The molecule has 1 unspecified atom stereocenters. The summed E-state index contributed by atoms with van der Waals surface area (Å²) in [6.45, 7) is 10.8. The van der Waals surface area contributed by atoms with Gasteiger partial charge in [-0.1, -0.05) is 0 Å². The fraction of sp³-hybridized carbons (Fsp3) is 0.706. The molecular formula is C17H27N3O. The Morgan fingerprint density at radius 3 is 2.86 bits per heavy atom. The van der Waals surface area contributed by atoms with E-state index in [1.165, 1.54) is 18.4 Å². The Hall–Kier alpha value is -1.13. The number of hydrogen-bond acceptors (Lipinski definition) is 4. The lowest BCUT2D eigenvalue weighted by molar-refractivity contribution is 0.0470. The van der Waals surface area contributed by atoms with Crippen LogP contribution in [0.2, 0.25) is 0 Å². The molecule has 0 spiro atoms. The van der Waals surface area contributed by atoms with Crippen molar-refractivity contribution in [1.82, 2.24) is 15.2 Å². The summed E-state index contributed by atoms with van der Waals surface area (Å²) in [7, 11) is 1.75. The first kappa shape index (κ1) is 14.8. The highest BCUT2D eigenvalue weighted by atomic mass is 16.5. The lowest BCUT2D eigenvalue weighted by Gasteiger charge is -2.46. The number of piperazine rings is 1. The zero-order valence-corrected chi connectivity index (χ0v) is 13.7. The minimum absolute atomic E-state index is 0.282. The summed E-state index contributed by atoms with van der Waals surface area (Å²) < 4.78 is 5.55. The van der Waals surface area contributed by atoms with Gasteiger partial charge in [-0.2, -0.15) is 0 Å². The van der Waals surface area contributed by atoms with Crippen molar-refractivity contribution in [3.63, 3.8) is 0 Å². The van der Waals surface area contributed by atoms with Gasteiger partial charge in [0.1, 0.15) is 5.75 Å². The molecule has 0 aromatic carbocycles. The van der Waals surface area contributed by atoms with Crippen LogP contribution in [0.1, 0.15) is 36.6 Å². The molecule has 116 valence electrons. The minimum atomic E-state index is 0.282. The molecule has 2 heterocycles. The molecule has 0 amide bonds. The molecule has 1 saturated heterocycles. The molecule has 21 heavy (non-hydrogen) atoms. The smallest absolute Gasteiger partial charge is 0.128 e. The summed E-state index contributed by atoms with van der Waals surface area (Å²) in [5.74, 6) is 1.83. The van der Waals surface area contributed by atoms with Gasteiger partial charge in [0, 0.05) is 49.0 Å². The van der Waals surface area contributed by atoms with Crippen molar-refractivity contribution < 1.29 is 4.74 Å². The molecule has 4 nitrogen and oxygen atoms in total. The van der Waals surface area contributed by atoms with Gasteiger partial charge in [0.05, 0.1) is 12.8 Å². The number of aryl methyl sites for hydroxylation is 1. The number of rotatable bonds is 4. The lowest BCUT2D eigenvalue weighted by atomic mass is 9.90. The van der Waals surface area contributed by atoms with Gasteiger partial charge in [-0.15, -0.1) is 0 Å². The van der Waals surface area contributed by atoms with E-state index in [4.69, 9.17) is 4.74 Å². The van der Waals surface area contributed by atoms with Crippen LogP contribution >= 0.6 is 0 Å². The van der Waals surface area contributed by atoms with Crippen molar-refractivity contribution in [3.05, 3.63) is 23.0 Å². The van der Waals surface area contributed by atoms with Crippen molar-refractivity contribution >= 4 is 0 Å². The number of aromatic nitrogens is 1. The van der Waals surface area contributed by atoms with Crippen molar-refractivity contribution in [2.45, 2.75) is 45.7 Å². The highest BCUT2D eigenvalue weighted by molar-refractivity contribution is 5.41. The number of hydrogen-bond donors (Lipinski definition) is 1. The first-order valence-corrected chi connectivity index (χ1v) is 8.01. The Labute approximate surface area is 127 Å². The summed E-state index contributed by atoms with van der Waals surface area (Å²) in [6.07, 6.45) is 4.69. The summed E-state index contributed by atoms with van der Waals surface area (Å²) >= 11 is 0. The quantitative estimate of drug-likeness (QED) is 0.923. The van der Waals surface area contributed by atoms with Crippen LogP contribution in [0.15, 0.2) is 6.20 Å². The van der Waals surface area contributed by atoms with Crippen LogP contribution in [-0.4, -0.2) is 42.2 Å². The second-order valence-electron chi connectivity index (χ2n) is 6.78. The molecular weight excluding hydrogens is 262 g/mol. The molecule has 2 fully saturated rings. The molecule has 1 saturated carbocycles. The molecule has 1 aliphatic carbocycles. The fourth-order valence-electron chi connectivity index (χ4n) is 3.70. The molecule has 1 N–H and O–H groups in total. The number of methoxy groups -OCH3 is 1. The van der Waals surface area contributed by atoms with E-state index in [1.54, 1.807) is 7.11 Å². The van der Waals surface area contributed by atoms with Gasteiger partial charge in [0.2, 0.25) is 0 Å². The number of nitrogens with zero attached hydrogens (tertiary/aromatic N) is 2. The average molecular weight is 289 g/mol. The van der Waals surface area contributed by atoms with Gasteiger partial charge < -0.3 is 10.1 Å². The van der Waals surface area contributed by atoms with Crippen LogP contribution in [0, 0.1) is 19.8 Å². The van der Waals surface area contributed by atoms with Crippen molar-refractivity contribution in [1.29, 1.82) is 0 Å². The third-order valence-corrected chi connectivity index (χ3v) is 5.31. The van der Waals surface area contributed by atoms with E-state index >= 15 is 0 Å². The first-order valence-electron chi connectivity index (χ1n) is 8.01. The Bertz CT molecular complexity index is 527. The van der Waals surface area contributed by atoms with E-state index in [2.05, 4.69) is 36.0 Å². The first-order chi connectivity index (χ1) is 10.1. The third kappa shape index (κ3) is 2.67. The second-order valence-corrected chi connectivity index (χ2v) is 6.78. The standard InChI is InChI=1S/C17H27N3O/c1-12-9-19-15(13(2)16(12)21-4)10-20-8-7-18-11-17(20,3)14-5-6-14/h9,14,18H,5-8,10-11H2,1-4H3. The Balaban J connectivity index is 1.85. The molecule has 0 radical (unpaired) electrons. The largest absolute Gasteiger partial charge is 0.496 e. The molecule has 1 aromatic heterocycles. The van der Waals surface area contributed by atoms with Gasteiger partial charge >= 0.3 is 0 Å². The fourth-order valence-corrected chi connectivity index (χ4v) is 3.70. The van der Waals surface area contributed by atoms with Crippen LogP contribution in [0.3, 0.4) is 0 Å². The van der Waals surface area contributed by atoms with Crippen LogP contribution in [0.4, 0.5) is 0 Å². The zero-order valence-electron chi connectivity index (χ0n) is 13.7. The van der Waals surface area contributed by atoms with E-state index in [1.807, 2.05) is 6.20 Å².